The summed E-state index contributed by atoms with van der Waals surface area (Å²) in [5.41, 5.74) is 0.146. The van der Waals surface area contributed by atoms with Gasteiger partial charge in [-0.1, -0.05) is 48.5 Å². The maximum absolute atomic E-state index is 12.8. The molecule has 0 spiro atoms. The molecule has 142 valence electrons. The number of carbonyl (C=O) groups excluding carboxylic acids is 1. The number of fused-ring (bicyclic) bond motifs is 1. The van der Waals surface area contributed by atoms with Gasteiger partial charge in [0.15, 0.2) is 5.78 Å². The number of hydrogen-bond donors (Lipinski definition) is 3. The Hall–Kier alpha value is -3.65. The summed E-state index contributed by atoms with van der Waals surface area (Å²) in [7, 11) is -3.94. The minimum Gasteiger partial charge on any atom is -0.502 e. The number of hydrogen-bond acceptors (Lipinski definition) is 5. The summed E-state index contributed by atoms with van der Waals surface area (Å²) in [4.78, 5) is 22.8. The third-order valence-corrected chi connectivity index (χ3v) is 5.36. The van der Waals surface area contributed by atoms with Gasteiger partial charge in [-0.15, -0.1) is 0 Å². The second-order valence-corrected chi connectivity index (χ2v) is 7.51. The van der Waals surface area contributed by atoms with Gasteiger partial charge in [-0.05, 0) is 23.6 Å². The summed E-state index contributed by atoms with van der Waals surface area (Å²) in [6.07, 6.45) is 0.556. The molecule has 0 atom stereocenters. The van der Waals surface area contributed by atoms with Crippen LogP contribution in [-0.4, -0.2) is 30.4 Å². The van der Waals surface area contributed by atoms with Crippen molar-refractivity contribution in [1.82, 2.24) is 0 Å². The molecule has 0 unspecified atom stereocenters. The van der Waals surface area contributed by atoms with Crippen molar-refractivity contribution in [3.05, 3.63) is 84.1 Å². The molecule has 0 aliphatic rings. The zero-order chi connectivity index (χ0) is 20.3. The highest BCUT2D eigenvalue weighted by Gasteiger charge is 2.18. The Balaban J connectivity index is 1.94. The number of rotatable bonds is 6. The van der Waals surface area contributed by atoms with E-state index in [4.69, 9.17) is 5.11 Å². The number of anilines is 1. The third kappa shape index (κ3) is 4.02. The number of aliphatic hydroxyl groups is 1. The number of carboxylic acids is 1. The summed E-state index contributed by atoms with van der Waals surface area (Å²) < 4.78 is 28.1. The smallest absolute Gasteiger partial charge is 0.371 e. The first kappa shape index (κ1) is 19.1. The minimum atomic E-state index is -3.94. The van der Waals surface area contributed by atoms with Gasteiger partial charge in [-0.25, -0.2) is 13.2 Å². The van der Waals surface area contributed by atoms with Gasteiger partial charge >= 0.3 is 5.97 Å². The highest BCUT2D eigenvalue weighted by Crippen LogP contribution is 2.25. The van der Waals surface area contributed by atoms with Crippen molar-refractivity contribution in [2.45, 2.75) is 4.90 Å². The molecule has 0 bridgehead atoms. The second kappa shape index (κ2) is 7.53. The average Bonchev–Trinajstić information content (AvgIpc) is 2.67. The maximum atomic E-state index is 12.8. The van der Waals surface area contributed by atoms with Crippen LogP contribution >= 0.6 is 0 Å². The molecule has 28 heavy (non-hydrogen) atoms. The molecule has 0 saturated carbocycles. The van der Waals surface area contributed by atoms with Crippen molar-refractivity contribution in [3.8, 4) is 0 Å². The number of allylic oxidation sites excluding steroid dienone is 1. The number of nitrogens with one attached hydrogen (secondary N) is 1. The molecule has 3 rings (SSSR count). The van der Waals surface area contributed by atoms with Gasteiger partial charge in [0.25, 0.3) is 10.0 Å². The van der Waals surface area contributed by atoms with E-state index >= 15 is 0 Å². The molecule has 0 radical (unpaired) electrons. The van der Waals surface area contributed by atoms with E-state index in [0.717, 1.165) is 5.39 Å². The van der Waals surface area contributed by atoms with Crippen LogP contribution in [-0.2, 0) is 14.8 Å². The number of carboxylic acid groups (broad SMARTS) is 1. The lowest BCUT2D eigenvalue weighted by molar-refractivity contribution is -0.135. The number of benzene rings is 3. The lowest BCUT2D eigenvalue weighted by Gasteiger charge is -2.11. The third-order valence-electron chi connectivity index (χ3n) is 3.93. The van der Waals surface area contributed by atoms with Crippen molar-refractivity contribution < 1.29 is 28.2 Å². The van der Waals surface area contributed by atoms with Crippen LogP contribution in [0.4, 0.5) is 5.69 Å². The zero-order valence-electron chi connectivity index (χ0n) is 14.4. The van der Waals surface area contributed by atoms with E-state index in [-0.39, 0.29) is 16.1 Å². The van der Waals surface area contributed by atoms with Crippen molar-refractivity contribution in [3.63, 3.8) is 0 Å². The van der Waals surface area contributed by atoms with Crippen molar-refractivity contribution in [2.24, 2.45) is 0 Å². The second-order valence-electron chi connectivity index (χ2n) is 5.86. The molecular formula is C20H15NO6S. The standard InChI is InChI=1S/C20H15NO6S/c22-17(12-18(23)20(24)25)14-7-3-8-15(11-14)21-28(26,27)19-10-4-6-13-5-1-2-9-16(13)19/h1-12,21,23H,(H,24,25)/b18-12-. The van der Waals surface area contributed by atoms with Gasteiger partial charge in [-0.2, -0.15) is 0 Å². The molecule has 0 amide bonds. The first-order valence-corrected chi connectivity index (χ1v) is 9.55. The number of carbonyl (C=O) groups is 2. The molecule has 0 saturated heterocycles. The average molecular weight is 397 g/mol. The van der Waals surface area contributed by atoms with E-state index in [9.17, 15) is 23.1 Å². The molecule has 0 heterocycles. The molecule has 3 N–H and O–H groups in total. The monoisotopic (exact) mass is 397 g/mol. The minimum absolute atomic E-state index is 0.0194. The fourth-order valence-electron chi connectivity index (χ4n) is 2.65. The van der Waals surface area contributed by atoms with Crippen LogP contribution in [0, 0.1) is 0 Å². The lowest BCUT2D eigenvalue weighted by atomic mass is 10.1. The van der Waals surface area contributed by atoms with Crippen LogP contribution in [0.1, 0.15) is 10.4 Å². The Morgan fingerprint density at radius 1 is 0.893 bits per heavy atom. The van der Waals surface area contributed by atoms with Crippen molar-refractivity contribution >= 4 is 38.2 Å². The molecular weight excluding hydrogens is 382 g/mol. The fraction of sp³-hybridized carbons (Fsp3) is 0. The van der Waals surface area contributed by atoms with Crippen LogP contribution < -0.4 is 4.72 Å². The van der Waals surface area contributed by atoms with Crippen LogP contribution in [0.15, 0.2) is 83.5 Å². The molecule has 3 aromatic rings. The van der Waals surface area contributed by atoms with Gasteiger partial charge in [0, 0.05) is 22.7 Å². The van der Waals surface area contributed by atoms with Crippen molar-refractivity contribution in [2.75, 3.05) is 4.72 Å². The van der Waals surface area contributed by atoms with Crippen LogP contribution in [0.3, 0.4) is 0 Å². The molecule has 0 aromatic heterocycles. The predicted molar refractivity (Wildman–Crippen MR) is 104 cm³/mol. The van der Waals surface area contributed by atoms with Crippen molar-refractivity contribution in [1.29, 1.82) is 0 Å². The summed E-state index contributed by atoms with van der Waals surface area (Å²) in [6.45, 7) is 0. The summed E-state index contributed by atoms with van der Waals surface area (Å²) in [6, 6.07) is 17.5. The molecule has 0 fully saturated rings. The molecule has 3 aromatic carbocycles. The van der Waals surface area contributed by atoms with Crippen LogP contribution in [0.5, 0.6) is 0 Å². The van der Waals surface area contributed by atoms with Gasteiger partial charge in [-0.3, -0.25) is 9.52 Å². The zero-order valence-corrected chi connectivity index (χ0v) is 15.2. The van der Waals surface area contributed by atoms with Crippen LogP contribution in [0.25, 0.3) is 10.8 Å². The van der Waals surface area contributed by atoms with E-state index in [0.29, 0.717) is 11.5 Å². The SMILES string of the molecule is O=C(O)/C(O)=C/C(=O)c1cccc(NS(=O)(=O)c2cccc3ccccc23)c1. The number of aliphatic hydroxyl groups excluding tert-OH is 1. The molecule has 0 aliphatic carbocycles. The number of sulfonamides is 1. The largest absolute Gasteiger partial charge is 0.502 e. The van der Waals surface area contributed by atoms with Gasteiger partial charge in [0.1, 0.15) is 0 Å². The van der Waals surface area contributed by atoms with E-state index in [1.165, 1.54) is 30.3 Å². The van der Waals surface area contributed by atoms with Gasteiger partial charge in [0.05, 0.1) is 4.90 Å². The normalized spacial score (nSPS) is 11.9. The van der Waals surface area contributed by atoms with E-state index < -0.39 is 27.5 Å². The van der Waals surface area contributed by atoms with E-state index in [1.54, 1.807) is 36.4 Å². The van der Waals surface area contributed by atoms with E-state index in [1.807, 2.05) is 0 Å². The van der Waals surface area contributed by atoms with E-state index in [2.05, 4.69) is 4.72 Å². The Labute approximate surface area is 160 Å². The Morgan fingerprint density at radius 2 is 1.57 bits per heavy atom. The number of ketones is 1. The predicted octanol–water partition coefficient (Wildman–Crippen LogP) is 3.35. The summed E-state index contributed by atoms with van der Waals surface area (Å²) in [5.74, 6) is -3.51. The van der Waals surface area contributed by atoms with Gasteiger partial charge in [0.2, 0.25) is 5.76 Å². The first-order valence-electron chi connectivity index (χ1n) is 8.07. The fourth-order valence-corrected chi connectivity index (χ4v) is 3.93. The van der Waals surface area contributed by atoms with Crippen LogP contribution in [0.2, 0.25) is 0 Å². The Kier molecular flexibility index (Phi) is 5.14. The van der Waals surface area contributed by atoms with Gasteiger partial charge < -0.3 is 10.2 Å². The maximum Gasteiger partial charge on any atom is 0.371 e. The highest BCUT2D eigenvalue weighted by molar-refractivity contribution is 7.93. The molecule has 7 nitrogen and oxygen atoms in total. The lowest BCUT2D eigenvalue weighted by Crippen LogP contribution is -2.14. The summed E-state index contributed by atoms with van der Waals surface area (Å²) >= 11 is 0. The Morgan fingerprint density at radius 3 is 2.32 bits per heavy atom. The molecule has 8 heteroatoms. The quantitative estimate of drug-likeness (QED) is 0.333. The topological polar surface area (TPSA) is 121 Å². The Bertz CT molecular complexity index is 1210. The molecule has 0 aliphatic heterocycles. The number of aliphatic carboxylic acids is 1. The first-order chi connectivity index (χ1) is 13.3. The summed E-state index contributed by atoms with van der Waals surface area (Å²) in [5, 5.41) is 19.1. The highest BCUT2D eigenvalue weighted by atomic mass is 32.2.